The molecule has 0 aromatic heterocycles. The molecule has 7 heteroatoms. The highest BCUT2D eigenvalue weighted by Gasteiger charge is 2.25. The lowest BCUT2D eigenvalue weighted by molar-refractivity contribution is -0.145. The maximum atomic E-state index is 13.4. The molecule has 120 valence electrons. The Kier molecular flexibility index (Phi) is 5.30. The molecule has 1 heterocycles. The van der Waals surface area contributed by atoms with E-state index in [1.54, 1.807) is 6.92 Å². The number of halogens is 2. The van der Waals surface area contributed by atoms with Crippen molar-refractivity contribution in [3.63, 3.8) is 0 Å². The Hall–Kier alpha value is -2.18. The maximum Gasteiger partial charge on any atom is 0.311 e. The highest BCUT2D eigenvalue weighted by Crippen LogP contribution is 2.17. The number of likely N-dealkylation sites (tertiary alicyclic amines) is 1. The number of hydrogen-bond acceptors (Lipinski definition) is 3. The predicted octanol–water partition coefficient (Wildman–Crippen LogP) is 1.47. The van der Waals surface area contributed by atoms with Crippen LogP contribution in [0.5, 0.6) is 5.75 Å². The van der Waals surface area contributed by atoms with Gasteiger partial charge >= 0.3 is 11.8 Å². The van der Waals surface area contributed by atoms with Crippen molar-refractivity contribution >= 4 is 11.8 Å². The first kappa shape index (κ1) is 16.2. The van der Waals surface area contributed by atoms with Crippen LogP contribution in [0.1, 0.15) is 19.8 Å². The minimum atomic E-state index is -0.813. The van der Waals surface area contributed by atoms with E-state index in [0.29, 0.717) is 13.1 Å². The van der Waals surface area contributed by atoms with Gasteiger partial charge in [0.15, 0.2) is 11.6 Å². The third kappa shape index (κ3) is 4.16. The van der Waals surface area contributed by atoms with Crippen LogP contribution in [0.4, 0.5) is 8.78 Å². The quantitative estimate of drug-likeness (QED) is 0.857. The summed E-state index contributed by atoms with van der Waals surface area (Å²) in [7, 11) is 0. The van der Waals surface area contributed by atoms with Crippen LogP contribution < -0.4 is 10.1 Å². The predicted molar refractivity (Wildman–Crippen MR) is 75.3 cm³/mol. The van der Waals surface area contributed by atoms with E-state index in [1.807, 2.05) is 0 Å². The average molecular weight is 312 g/mol. The molecule has 1 aromatic carbocycles. The Morgan fingerprint density at radius 2 is 2.00 bits per heavy atom. The van der Waals surface area contributed by atoms with Crippen LogP contribution in [0, 0.1) is 11.6 Å². The summed E-state index contributed by atoms with van der Waals surface area (Å²) in [4.78, 5) is 25.1. The van der Waals surface area contributed by atoms with Gasteiger partial charge in [0.05, 0.1) is 6.04 Å². The number of ether oxygens (including phenoxy) is 1. The molecule has 2 amide bonds. The third-order valence-electron chi connectivity index (χ3n) is 3.35. The van der Waals surface area contributed by atoms with Crippen molar-refractivity contribution in [1.82, 2.24) is 10.2 Å². The van der Waals surface area contributed by atoms with Crippen LogP contribution in [0.15, 0.2) is 18.2 Å². The number of nitrogens with one attached hydrogen (secondary N) is 1. The van der Waals surface area contributed by atoms with E-state index in [0.717, 1.165) is 25.0 Å². The average Bonchev–Trinajstić information content (AvgIpc) is 2.99. The van der Waals surface area contributed by atoms with Gasteiger partial charge in [-0.3, -0.25) is 9.59 Å². The minimum Gasteiger partial charge on any atom is -0.488 e. The zero-order valence-corrected chi connectivity index (χ0v) is 12.3. The van der Waals surface area contributed by atoms with Gasteiger partial charge in [-0.05, 0) is 31.9 Å². The maximum absolute atomic E-state index is 13.4. The van der Waals surface area contributed by atoms with Crippen molar-refractivity contribution in [2.45, 2.75) is 25.8 Å². The van der Waals surface area contributed by atoms with Crippen LogP contribution in [-0.4, -0.2) is 42.5 Å². The van der Waals surface area contributed by atoms with E-state index >= 15 is 0 Å². The first-order valence-electron chi connectivity index (χ1n) is 7.15. The molecular formula is C15H18F2N2O3. The molecule has 1 fully saturated rings. The van der Waals surface area contributed by atoms with E-state index in [2.05, 4.69) is 5.32 Å². The summed E-state index contributed by atoms with van der Waals surface area (Å²) in [5.41, 5.74) is 0. The zero-order chi connectivity index (χ0) is 16.1. The molecule has 1 aliphatic heterocycles. The second kappa shape index (κ2) is 7.20. The summed E-state index contributed by atoms with van der Waals surface area (Å²) in [6.07, 6.45) is 1.81. The fourth-order valence-corrected chi connectivity index (χ4v) is 2.20. The Morgan fingerprint density at radius 1 is 1.32 bits per heavy atom. The van der Waals surface area contributed by atoms with Gasteiger partial charge in [0.25, 0.3) is 0 Å². The second-order valence-corrected chi connectivity index (χ2v) is 5.26. The van der Waals surface area contributed by atoms with Gasteiger partial charge in [-0.1, -0.05) is 0 Å². The largest absolute Gasteiger partial charge is 0.488 e. The van der Waals surface area contributed by atoms with Crippen molar-refractivity contribution < 1.29 is 23.1 Å². The van der Waals surface area contributed by atoms with Gasteiger partial charge in [0.2, 0.25) is 0 Å². The number of benzene rings is 1. The molecule has 2 rings (SSSR count). The summed E-state index contributed by atoms with van der Waals surface area (Å²) in [6.45, 7) is 2.80. The van der Waals surface area contributed by atoms with E-state index in [-0.39, 0.29) is 12.4 Å². The summed E-state index contributed by atoms with van der Waals surface area (Å²) >= 11 is 0. The first-order chi connectivity index (χ1) is 10.5. The van der Waals surface area contributed by atoms with Gasteiger partial charge in [0, 0.05) is 19.2 Å². The molecule has 0 bridgehead atoms. The molecule has 22 heavy (non-hydrogen) atoms. The monoisotopic (exact) mass is 312 g/mol. The van der Waals surface area contributed by atoms with Gasteiger partial charge in [0.1, 0.15) is 12.4 Å². The van der Waals surface area contributed by atoms with E-state index in [9.17, 15) is 18.4 Å². The fourth-order valence-electron chi connectivity index (χ4n) is 2.20. The standard InChI is InChI=1S/C15H18F2N2O3/c1-10(9-22-13-5-4-11(16)8-12(13)17)18-14(20)15(21)19-6-2-3-7-19/h4-5,8,10H,2-3,6-7,9H2,1H3,(H,18,20)/t10-/m1/s1. The molecule has 0 saturated carbocycles. The summed E-state index contributed by atoms with van der Waals surface area (Å²) in [5.74, 6) is -2.86. The van der Waals surface area contributed by atoms with Crippen molar-refractivity contribution in [3.05, 3.63) is 29.8 Å². The van der Waals surface area contributed by atoms with Crippen molar-refractivity contribution in [2.75, 3.05) is 19.7 Å². The summed E-state index contributed by atoms with van der Waals surface area (Å²) in [5, 5.41) is 2.51. The van der Waals surface area contributed by atoms with Crippen LogP contribution in [0.25, 0.3) is 0 Å². The number of carbonyl (C=O) groups is 2. The minimum absolute atomic E-state index is 0.0262. The lowest BCUT2D eigenvalue weighted by Gasteiger charge is -2.18. The molecule has 1 atom stereocenters. The smallest absolute Gasteiger partial charge is 0.311 e. The summed E-state index contributed by atoms with van der Waals surface area (Å²) < 4.78 is 31.3. The van der Waals surface area contributed by atoms with Crippen molar-refractivity contribution in [3.8, 4) is 5.75 Å². The lowest BCUT2D eigenvalue weighted by Crippen LogP contribution is -2.46. The second-order valence-electron chi connectivity index (χ2n) is 5.26. The van der Waals surface area contributed by atoms with E-state index < -0.39 is 29.5 Å². The van der Waals surface area contributed by atoms with Gasteiger partial charge in [-0.15, -0.1) is 0 Å². The highest BCUT2D eigenvalue weighted by atomic mass is 19.1. The van der Waals surface area contributed by atoms with Gasteiger partial charge in [-0.2, -0.15) is 0 Å². The van der Waals surface area contributed by atoms with E-state index in [1.165, 1.54) is 11.0 Å². The Morgan fingerprint density at radius 3 is 2.64 bits per heavy atom. The number of hydrogen-bond donors (Lipinski definition) is 1. The van der Waals surface area contributed by atoms with Crippen LogP contribution in [0.2, 0.25) is 0 Å². The molecule has 0 unspecified atom stereocenters. The topological polar surface area (TPSA) is 58.6 Å². The summed E-state index contributed by atoms with van der Waals surface area (Å²) in [6, 6.07) is 2.49. The first-order valence-corrected chi connectivity index (χ1v) is 7.15. The number of rotatable bonds is 4. The third-order valence-corrected chi connectivity index (χ3v) is 3.35. The van der Waals surface area contributed by atoms with E-state index in [4.69, 9.17) is 4.74 Å². The normalized spacial score (nSPS) is 15.5. The number of carbonyl (C=O) groups excluding carboxylic acids is 2. The Balaban J connectivity index is 1.80. The van der Waals surface area contributed by atoms with Gasteiger partial charge < -0.3 is 15.0 Å². The lowest BCUT2D eigenvalue weighted by atomic mass is 10.3. The molecular weight excluding hydrogens is 294 g/mol. The van der Waals surface area contributed by atoms with Crippen LogP contribution in [-0.2, 0) is 9.59 Å². The van der Waals surface area contributed by atoms with Crippen molar-refractivity contribution in [1.29, 1.82) is 0 Å². The van der Waals surface area contributed by atoms with Crippen LogP contribution in [0.3, 0.4) is 0 Å². The SMILES string of the molecule is C[C@H](COc1ccc(F)cc1F)NC(=O)C(=O)N1CCCC1. The number of nitrogens with zero attached hydrogens (tertiary/aromatic N) is 1. The fraction of sp³-hybridized carbons (Fsp3) is 0.467. The highest BCUT2D eigenvalue weighted by molar-refractivity contribution is 6.35. The van der Waals surface area contributed by atoms with Crippen molar-refractivity contribution in [2.24, 2.45) is 0 Å². The molecule has 1 aliphatic rings. The molecule has 1 aromatic rings. The number of amides is 2. The molecule has 1 N–H and O–H groups in total. The Bertz CT molecular complexity index is 560. The van der Waals surface area contributed by atoms with Gasteiger partial charge in [-0.25, -0.2) is 8.78 Å². The molecule has 0 radical (unpaired) electrons. The molecule has 0 aliphatic carbocycles. The van der Waals surface area contributed by atoms with Crippen LogP contribution >= 0.6 is 0 Å². The molecule has 5 nitrogen and oxygen atoms in total. The Labute approximate surface area is 127 Å². The molecule has 1 saturated heterocycles. The molecule has 0 spiro atoms. The zero-order valence-electron chi connectivity index (χ0n) is 12.3.